The highest BCUT2D eigenvalue weighted by Gasteiger charge is 2.37. The Balaban J connectivity index is 1.21. The largest absolute Gasteiger partial charge is 0.387 e. The van der Waals surface area contributed by atoms with Crippen LogP contribution in [-0.4, -0.2) is 71.0 Å². The van der Waals surface area contributed by atoms with Crippen molar-refractivity contribution in [1.82, 2.24) is 20.4 Å². The van der Waals surface area contributed by atoms with E-state index in [0.717, 1.165) is 38.3 Å². The number of nitrogens with one attached hydrogen (secondary N) is 1. The molecule has 142 valence electrons. The second-order valence-corrected chi connectivity index (χ2v) is 8.20. The Bertz CT molecular complexity index is 676. The number of aromatic nitrogens is 2. The van der Waals surface area contributed by atoms with E-state index in [4.69, 9.17) is 0 Å². The molecule has 1 amide bonds. The molecule has 1 atom stereocenters. The van der Waals surface area contributed by atoms with Gasteiger partial charge in [-0.05, 0) is 43.7 Å². The first-order valence-electron chi connectivity index (χ1n) is 9.81. The van der Waals surface area contributed by atoms with Crippen LogP contribution < -0.4 is 10.2 Å². The third-order valence-electron chi connectivity index (χ3n) is 6.00. The van der Waals surface area contributed by atoms with Crippen LogP contribution in [0.4, 0.5) is 5.82 Å². The van der Waals surface area contributed by atoms with Crippen molar-refractivity contribution in [3.05, 3.63) is 17.3 Å². The summed E-state index contributed by atoms with van der Waals surface area (Å²) in [5.74, 6) is 1.62. The van der Waals surface area contributed by atoms with Crippen molar-refractivity contribution in [2.75, 3.05) is 44.2 Å². The highest BCUT2D eigenvalue weighted by atomic mass is 16.3. The molecule has 2 aliphatic heterocycles. The molecule has 0 spiro atoms. The molecule has 0 saturated carbocycles. The molecular formula is C19H29N5O2. The van der Waals surface area contributed by atoms with Gasteiger partial charge in [-0.3, -0.25) is 4.79 Å². The molecule has 1 aliphatic carbocycles. The first-order chi connectivity index (χ1) is 12.5. The Morgan fingerprint density at radius 3 is 2.92 bits per heavy atom. The van der Waals surface area contributed by atoms with Crippen molar-refractivity contribution in [2.45, 2.75) is 44.6 Å². The summed E-state index contributed by atoms with van der Waals surface area (Å²) < 4.78 is 0. The van der Waals surface area contributed by atoms with Crippen LogP contribution >= 0.6 is 0 Å². The van der Waals surface area contributed by atoms with Gasteiger partial charge in [0.1, 0.15) is 0 Å². The Morgan fingerprint density at radius 2 is 2.15 bits per heavy atom. The van der Waals surface area contributed by atoms with Gasteiger partial charge in [-0.25, -0.2) is 0 Å². The van der Waals surface area contributed by atoms with Gasteiger partial charge in [-0.15, -0.1) is 5.10 Å². The third-order valence-corrected chi connectivity index (χ3v) is 6.00. The van der Waals surface area contributed by atoms with Gasteiger partial charge in [0.25, 0.3) is 0 Å². The second kappa shape index (κ2) is 7.12. The summed E-state index contributed by atoms with van der Waals surface area (Å²) in [4.78, 5) is 15.4. The fourth-order valence-electron chi connectivity index (χ4n) is 4.30. The zero-order valence-electron chi connectivity index (χ0n) is 15.6. The number of fused-ring (bicyclic) bond motifs is 1. The predicted octanol–water partition coefficient (Wildman–Crippen LogP) is 0.365. The Morgan fingerprint density at radius 1 is 1.35 bits per heavy atom. The molecule has 2 saturated heterocycles. The molecule has 0 radical (unpaired) electrons. The number of rotatable bonds is 5. The minimum Gasteiger partial charge on any atom is -0.387 e. The molecule has 7 nitrogen and oxygen atoms in total. The summed E-state index contributed by atoms with van der Waals surface area (Å²) >= 11 is 0. The standard InChI is InChI=1S/C19H29N5O2/c1-14(25)23-7-6-19(26,13-23)12-20-9-15-10-24(11-15)18-8-16-4-2-3-5-17(16)21-22-18/h8,15,20,26H,2-7,9-13H2,1H3. The van der Waals surface area contributed by atoms with Gasteiger partial charge in [0.15, 0.2) is 5.82 Å². The highest BCUT2D eigenvalue weighted by Crippen LogP contribution is 2.27. The average molecular weight is 359 g/mol. The number of hydrogen-bond donors (Lipinski definition) is 2. The molecular weight excluding hydrogens is 330 g/mol. The van der Waals surface area contributed by atoms with Crippen LogP contribution in [0.3, 0.4) is 0 Å². The zero-order chi connectivity index (χ0) is 18.1. The lowest BCUT2D eigenvalue weighted by Crippen LogP contribution is -2.53. The van der Waals surface area contributed by atoms with Gasteiger partial charge in [0.05, 0.1) is 17.8 Å². The first kappa shape index (κ1) is 17.7. The van der Waals surface area contributed by atoms with Crippen LogP contribution in [0.15, 0.2) is 6.07 Å². The van der Waals surface area contributed by atoms with Crippen LogP contribution in [0.2, 0.25) is 0 Å². The van der Waals surface area contributed by atoms with Gasteiger partial charge in [0.2, 0.25) is 5.91 Å². The molecule has 1 unspecified atom stereocenters. The van der Waals surface area contributed by atoms with E-state index in [1.165, 1.54) is 24.1 Å². The Labute approximate surface area is 154 Å². The number of anilines is 1. The van der Waals surface area contributed by atoms with Crippen molar-refractivity contribution in [3.63, 3.8) is 0 Å². The third kappa shape index (κ3) is 3.69. The Kier molecular flexibility index (Phi) is 4.84. The van der Waals surface area contributed by atoms with Crippen LogP contribution in [0.1, 0.15) is 37.4 Å². The van der Waals surface area contributed by atoms with Crippen molar-refractivity contribution in [2.24, 2.45) is 5.92 Å². The molecule has 1 aromatic rings. The number of aryl methyl sites for hydroxylation is 2. The highest BCUT2D eigenvalue weighted by molar-refractivity contribution is 5.73. The number of hydrogen-bond acceptors (Lipinski definition) is 6. The fourth-order valence-corrected chi connectivity index (χ4v) is 4.30. The summed E-state index contributed by atoms with van der Waals surface area (Å²) in [7, 11) is 0. The van der Waals surface area contributed by atoms with E-state index in [2.05, 4.69) is 26.5 Å². The molecule has 26 heavy (non-hydrogen) atoms. The topological polar surface area (TPSA) is 81.6 Å². The molecule has 3 heterocycles. The minimum absolute atomic E-state index is 0.0433. The number of carbonyl (C=O) groups excluding carboxylic acids is 1. The maximum Gasteiger partial charge on any atom is 0.219 e. The second-order valence-electron chi connectivity index (χ2n) is 8.20. The lowest BCUT2D eigenvalue weighted by molar-refractivity contribution is -0.128. The normalized spacial score (nSPS) is 25.9. The van der Waals surface area contributed by atoms with Crippen molar-refractivity contribution < 1.29 is 9.90 Å². The van der Waals surface area contributed by atoms with Crippen molar-refractivity contribution in [3.8, 4) is 0 Å². The van der Waals surface area contributed by atoms with Gasteiger partial charge >= 0.3 is 0 Å². The maximum atomic E-state index is 11.4. The van der Waals surface area contributed by atoms with Crippen molar-refractivity contribution in [1.29, 1.82) is 0 Å². The van der Waals surface area contributed by atoms with E-state index in [-0.39, 0.29) is 5.91 Å². The van der Waals surface area contributed by atoms with Crippen LogP contribution in [0, 0.1) is 5.92 Å². The number of likely N-dealkylation sites (tertiary alicyclic amines) is 1. The summed E-state index contributed by atoms with van der Waals surface area (Å²) in [5.41, 5.74) is 1.78. The monoisotopic (exact) mass is 359 g/mol. The van der Waals surface area contributed by atoms with Gasteiger partial charge in [-0.1, -0.05) is 0 Å². The number of β-amino-alcohol motifs (C(OH)–C–C–N with tert-alkyl or cyclic N) is 1. The number of amides is 1. The molecule has 1 aromatic heterocycles. The van der Waals surface area contributed by atoms with Crippen LogP contribution in [0.5, 0.6) is 0 Å². The SMILES string of the molecule is CC(=O)N1CCC(O)(CNCC2CN(c3cc4c(nn3)CCCC4)C2)C1. The summed E-state index contributed by atoms with van der Waals surface area (Å²) in [5, 5.41) is 22.8. The molecule has 7 heteroatoms. The van der Waals surface area contributed by atoms with Crippen LogP contribution in [-0.2, 0) is 17.6 Å². The van der Waals surface area contributed by atoms with E-state index >= 15 is 0 Å². The molecule has 0 aromatic carbocycles. The average Bonchev–Trinajstić information content (AvgIpc) is 2.99. The van der Waals surface area contributed by atoms with Gasteiger partial charge in [0, 0.05) is 45.6 Å². The lowest BCUT2D eigenvalue weighted by atomic mass is 9.95. The van der Waals surface area contributed by atoms with E-state index < -0.39 is 5.60 Å². The van der Waals surface area contributed by atoms with Crippen molar-refractivity contribution >= 4 is 11.7 Å². The van der Waals surface area contributed by atoms with E-state index in [1.54, 1.807) is 11.8 Å². The smallest absolute Gasteiger partial charge is 0.219 e. The van der Waals surface area contributed by atoms with E-state index in [1.807, 2.05) is 0 Å². The van der Waals surface area contributed by atoms with E-state index in [9.17, 15) is 9.90 Å². The lowest BCUT2D eigenvalue weighted by Gasteiger charge is -2.40. The molecule has 4 rings (SSSR count). The van der Waals surface area contributed by atoms with Gasteiger partial charge in [-0.2, -0.15) is 5.10 Å². The number of nitrogens with zero attached hydrogens (tertiary/aromatic N) is 4. The number of aliphatic hydroxyl groups is 1. The first-order valence-corrected chi connectivity index (χ1v) is 9.81. The van der Waals surface area contributed by atoms with Crippen LogP contribution in [0.25, 0.3) is 0 Å². The Hall–Kier alpha value is -1.73. The minimum atomic E-state index is -0.779. The molecule has 3 aliphatic rings. The van der Waals surface area contributed by atoms with Gasteiger partial charge < -0.3 is 20.2 Å². The quantitative estimate of drug-likeness (QED) is 0.790. The molecule has 2 N–H and O–H groups in total. The summed E-state index contributed by atoms with van der Waals surface area (Å²) in [6.45, 7) is 6.06. The zero-order valence-corrected chi connectivity index (χ0v) is 15.6. The number of carbonyl (C=O) groups is 1. The molecule has 0 bridgehead atoms. The van der Waals surface area contributed by atoms with E-state index in [0.29, 0.717) is 32.0 Å². The maximum absolute atomic E-state index is 11.4. The predicted molar refractivity (Wildman–Crippen MR) is 99.1 cm³/mol. The fraction of sp³-hybridized carbons (Fsp3) is 0.737. The summed E-state index contributed by atoms with van der Waals surface area (Å²) in [6, 6.07) is 2.22. The summed E-state index contributed by atoms with van der Waals surface area (Å²) in [6.07, 6.45) is 5.34. The molecule has 2 fully saturated rings.